The summed E-state index contributed by atoms with van der Waals surface area (Å²) in [6, 6.07) is 16.4. The summed E-state index contributed by atoms with van der Waals surface area (Å²) in [4.78, 5) is 51.9. The lowest BCUT2D eigenvalue weighted by Crippen LogP contribution is -2.41. The van der Waals surface area contributed by atoms with Gasteiger partial charge in [0.1, 0.15) is 0 Å². The Labute approximate surface area is 181 Å². The van der Waals surface area contributed by atoms with Crippen LogP contribution in [0.5, 0.6) is 0 Å². The molecule has 0 aliphatic carbocycles. The Morgan fingerprint density at radius 2 is 1.48 bits per heavy atom. The SMILES string of the molecule is O=C(Nc1ccccc1)C1CCN(C(=O)c2ccc(CN3C(=O)CCC3=O)cc2)CC1. The fraction of sp³-hybridized carbons (Fsp3) is 0.333. The van der Waals surface area contributed by atoms with Gasteiger partial charge in [-0.3, -0.25) is 24.1 Å². The van der Waals surface area contributed by atoms with Gasteiger partial charge in [-0.25, -0.2) is 0 Å². The van der Waals surface area contributed by atoms with E-state index in [1.165, 1.54) is 4.90 Å². The monoisotopic (exact) mass is 419 g/mol. The second-order valence-corrected chi connectivity index (χ2v) is 7.99. The van der Waals surface area contributed by atoms with Gasteiger partial charge in [0.2, 0.25) is 17.7 Å². The highest BCUT2D eigenvalue weighted by Crippen LogP contribution is 2.22. The molecule has 2 saturated heterocycles. The van der Waals surface area contributed by atoms with Crippen molar-refractivity contribution in [1.29, 1.82) is 0 Å². The predicted octanol–water partition coefficient (Wildman–Crippen LogP) is 2.83. The summed E-state index contributed by atoms with van der Waals surface area (Å²) in [6.07, 6.45) is 1.80. The van der Waals surface area contributed by atoms with Crippen LogP contribution in [-0.4, -0.2) is 46.5 Å². The first-order valence-corrected chi connectivity index (χ1v) is 10.6. The molecule has 0 spiro atoms. The van der Waals surface area contributed by atoms with E-state index < -0.39 is 0 Å². The molecule has 0 atom stereocenters. The molecule has 0 aromatic heterocycles. The van der Waals surface area contributed by atoms with Crippen LogP contribution in [0.2, 0.25) is 0 Å². The maximum Gasteiger partial charge on any atom is 0.253 e. The average molecular weight is 419 g/mol. The topological polar surface area (TPSA) is 86.8 Å². The van der Waals surface area contributed by atoms with Crippen molar-refractivity contribution in [3.8, 4) is 0 Å². The van der Waals surface area contributed by atoms with Crippen molar-refractivity contribution in [3.63, 3.8) is 0 Å². The van der Waals surface area contributed by atoms with Gasteiger partial charge in [0.15, 0.2) is 0 Å². The maximum absolute atomic E-state index is 12.8. The fourth-order valence-corrected chi connectivity index (χ4v) is 4.03. The van der Waals surface area contributed by atoms with Gasteiger partial charge < -0.3 is 10.2 Å². The summed E-state index contributed by atoms with van der Waals surface area (Å²) in [6.45, 7) is 1.31. The number of nitrogens with zero attached hydrogens (tertiary/aromatic N) is 2. The van der Waals surface area contributed by atoms with Gasteiger partial charge in [-0.05, 0) is 42.7 Å². The number of carbonyl (C=O) groups excluding carboxylic acids is 4. The second-order valence-electron chi connectivity index (χ2n) is 7.99. The first-order valence-electron chi connectivity index (χ1n) is 10.6. The van der Waals surface area contributed by atoms with Gasteiger partial charge in [-0.2, -0.15) is 0 Å². The fourth-order valence-electron chi connectivity index (χ4n) is 4.03. The number of para-hydroxylation sites is 1. The van der Waals surface area contributed by atoms with Gasteiger partial charge in [-0.1, -0.05) is 30.3 Å². The zero-order chi connectivity index (χ0) is 21.8. The molecule has 4 amide bonds. The second kappa shape index (κ2) is 9.12. The molecule has 160 valence electrons. The molecule has 31 heavy (non-hydrogen) atoms. The van der Waals surface area contributed by atoms with Crippen molar-refractivity contribution in [2.75, 3.05) is 18.4 Å². The number of likely N-dealkylation sites (tertiary alicyclic amines) is 2. The Bertz CT molecular complexity index is 964. The van der Waals surface area contributed by atoms with Crippen LogP contribution in [0, 0.1) is 5.92 Å². The standard InChI is InChI=1S/C24H25N3O4/c28-21-10-11-22(29)27(21)16-17-6-8-19(9-7-17)24(31)26-14-12-18(13-15-26)23(30)25-20-4-2-1-3-5-20/h1-9,18H,10-16H2,(H,25,30). The lowest BCUT2D eigenvalue weighted by Gasteiger charge is -2.31. The van der Waals surface area contributed by atoms with Crippen molar-refractivity contribution in [2.24, 2.45) is 5.92 Å². The number of piperidine rings is 1. The van der Waals surface area contributed by atoms with Crippen molar-refractivity contribution in [3.05, 3.63) is 65.7 Å². The summed E-state index contributed by atoms with van der Waals surface area (Å²) in [5.41, 5.74) is 2.16. The number of nitrogens with one attached hydrogen (secondary N) is 1. The van der Waals surface area contributed by atoms with E-state index in [1.807, 2.05) is 30.3 Å². The quantitative estimate of drug-likeness (QED) is 0.755. The zero-order valence-electron chi connectivity index (χ0n) is 17.3. The van der Waals surface area contributed by atoms with Crippen LogP contribution in [0.3, 0.4) is 0 Å². The number of carbonyl (C=O) groups is 4. The van der Waals surface area contributed by atoms with Crippen molar-refractivity contribution < 1.29 is 19.2 Å². The lowest BCUT2D eigenvalue weighted by atomic mass is 9.95. The van der Waals surface area contributed by atoms with Crippen molar-refractivity contribution in [1.82, 2.24) is 9.80 Å². The number of rotatable bonds is 5. The lowest BCUT2D eigenvalue weighted by molar-refractivity contribution is -0.139. The van der Waals surface area contributed by atoms with Crippen molar-refractivity contribution in [2.45, 2.75) is 32.2 Å². The maximum atomic E-state index is 12.8. The van der Waals surface area contributed by atoms with Crippen LogP contribution in [0.4, 0.5) is 5.69 Å². The first-order chi connectivity index (χ1) is 15.0. The molecule has 7 heteroatoms. The molecule has 4 rings (SSSR count). The highest BCUT2D eigenvalue weighted by Gasteiger charge is 2.29. The number of hydrogen-bond acceptors (Lipinski definition) is 4. The Morgan fingerprint density at radius 1 is 0.871 bits per heavy atom. The summed E-state index contributed by atoms with van der Waals surface area (Å²) in [5, 5.41) is 2.94. The minimum Gasteiger partial charge on any atom is -0.339 e. The molecule has 2 aliphatic rings. The van der Waals surface area contributed by atoms with E-state index in [2.05, 4.69) is 5.32 Å². The molecule has 2 aliphatic heterocycles. The minimum atomic E-state index is -0.149. The number of hydrogen-bond donors (Lipinski definition) is 1. The molecule has 0 unspecified atom stereocenters. The van der Waals surface area contributed by atoms with Crippen LogP contribution in [-0.2, 0) is 20.9 Å². The van der Waals surface area contributed by atoms with E-state index in [4.69, 9.17) is 0 Å². The van der Waals surface area contributed by atoms with Gasteiger partial charge in [0, 0.05) is 43.1 Å². The molecule has 0 saturated carbocycles. The van der Waals surface area contributed by atoms with Gasteiger partial charge in [0.25, 0.3) is 5.91 Å². The number of anilines is 1. The van der Waals surface area contributed by atoms with Gasteiger partial charge in [-0.15, -0.1) is 0 Å². The molecule has 2 aromatic rings. The summed E-state index contributed by atoms with van der Waals surface area (Å²) in [7, 11) is 0. The van der Waals surface area contributed by atoms with Crippen LogP contribution >= 0.6 is 0 Å². The smallest absolute Gasteiger partial charge is 0.253 e. The molecule has 2 heterocycles. The van der Waals surface area contributed by atoms with E-state index in [1.54, 1.807) is 29.2 Å². The van der Waals surface area contributed by atoms with Crippen LogP contribution in [0.15, 0.2) is 54.6 Å². The third-order valence-corrected chi connectivity index (χ3v) is 5.89. The molecule has 0 bridgehead atoms. The molecular formula is C24H25N3O4. The Hall–Kier alpha value is -3.48. The van der Waals surface area contributed by atoms with E-state index in [-0.39, 0.29) is 48.9 Å². The molecular weight excluding hydrogens is 394 g/mol. The van der Waals surface area contributed by atoms with Crippen molar-refractivity contribution >= 4 is 29.3 Å². The highest BCUT2D eigenvalue weighted by atomic mass is 16.2. The Balaban J connectivity index is 1.30. The van der Waals surface area contributed by atoms with Gasteiger partial charge >= 0.3 is 0 Å². The van der Waals surface area contributed by atoms with E-state index in [0.717, 1.165) is 11.3 Å². The summed E-state index contributed by atoms with van der Waals surface area (Å²) >= 11 is 0. The van der Waals surface area contributed by atoms with Crippen LogP contribution in [0.25, 0.3) is 0 Å². The third-order valence-electron chi connectivity index (χ3n) is 5.89. The average Bonchev–Trinajstić information content (AvgIpc) is 3.12. The summed E-state index contributed by atoms with van der Waals surface area (Å²) < 4.78 is 0. The van der Waals surface area contributed by atoms with E-state index in [0.29, 0.717) is 31.5 Å². The van der Waals surface area contributed by atoms with E-state index >= 15 is 0 Å². The van der Waals surface area contributed by atoms with Gasteiger partial charge in [0.05, 0.1) is 6.54 Å². The van der Waals surface area contributed by atoms with Crippen LogP contribution < -0.4 is 5.32 Å². The largest absolute Gasteiger partial charge is 0.339 e. The normalized spacial score (nSPS) is 17.2. The first kappa shape index (κ1) is 20.8. The zero-order valence-corrected chi connectivity index (χ0v) is 17.3. The minimum absolute atomic E-state index is 0.00587. The molecule has 7 nitrogen and oxygen atoms in total. The summed E-state index contributed by atoms with van der Waals surface area (Å²) in [5.74, 6) is -0.480. The number of imide groups is 1. The third kappa shape index (κ3) is 4.82. The van der Waals surface area contributed by atoms with Crippen LogP contribution in [0.1, 0.15) is 41.6 Å². The molecule has 1 N–H and O–H groups in total. The van der Waals surface area contributed by atoms with E-state index in [9.17, 15) is 19.2 Å². The predicted molar refractivity (Wildman–Crippen MR) is 115 cm³/mol. The molecule has 0 radical (unpaired) electrons. The Kier molecular flexibility index (Phi) is 6.11. The highest BCUT2D eigenvalue weighted by molar-refractivity contribution is 6.02. The number of amides is 4. The number of benzene rings is 2. The molecule has 2 fully saturated rings. The molecule has 2 aromatic carbocycles. The Morgan fingerprint density at radius 3 is 2.10 bits per heavy atom.